The highest BCUT2D eigenvalue weighted by Gasteiger charge is 2.11. The molecule has 0 amide bonds. The van der Waals surface area contributed by atoms with Gasteiger partial charge in [-0.1, -0.05) is 0 Å². The van der Waals surface area contributed by atoms with E-state index >= 15 is 0 Å². The molecule has 4 heteroatoms. The Bertz CT molecular complexity index is 537. The van der Waals surface area contributed by atoms with E-state index in [0.29, 0.717) is 5.56 Å². The standard InChI is InChI=1S/C14H15NO3/c1-9(13-8-12(17)6-7-14(13)18)15-10-2-4-11(16)5-3-10/h2-9,15-18H,1H3. The highest BCUT2D eigenvalue weighted by molar-refractivity contribution is 5.50. The maximum Gasteiger partial charge on any atom is 0.121 e. The normalized spacial score (nSPS) is 12.1. The quantitative estimate of drug-likeness (QED) is 0.627. The van der Waals surface area contributed by atoms with Crippen LogP contribution in [0.4, 0.5) is 5.69 Å². The zero-order valence-corrected chi connectivity index (χ0v) is 9.96. The van der Waals surface area contributed by atoms with E-state index in [4.69, 9.17) is 0 Å². The van der Waals surface area contributed by atoms with Crippen LogP contribution in [0, 0.1) is 0 Å². The minimum absolute atomic E-state index is 0.113. The molecule has 0 aromatic heterocycles. The van der Waals surface area contributed by atoms with Crippen LogP contribution in [-0.4, -0.2) is 15.3 Å². The van der Waals surface area contributed by atoms with Crippen LogP contribution in [0.15, 0.2) is 42.5 Å². The van der Waals surface area contributed by atoms with Crippen LogP contribution in [0.2, 0.25) is 0 Å². The molecule has 0 spiro atoms. The van der Waals surface area contributed by atoms with E-state index in [9.17, 15) is 15.3 Å². The van der Waals surface area contributed by atoms with Crippen molar-refractivity contribution in [3.05, 3.63) is 48.0 Å². The molecule has 0 fully saturated rings. The van der Waals surface area contributed by atoms with Gasteiger partial charge in [0.15, 0.2) is 0 Å². The summed E-state index contributed by atoms with van der Waals surface area (Å²) in [5.74, 6) is 0.446. The Morgan fingerprint density at radius 3 is 2.17 bits per heavy atom. The third-order valence-electron chi connectivity index (χ3n) is 2.73. The van der Waals surface area contributed by atoms with Crippen LogP contribution in [0.3, 0.4) is 0 Å². The van der Waals surface area contributed by atoms with Gasteiger partial charge in [0.25, 0.3) is 0 Å². The number of anilines is 1. The fourth-order valence-electron chi connectivity index (χ4n) is 1.77. The van der Waals surface area contributed by atoms with Gasteiger partial charge in [-0.25, -0.2) is 0 Å². The summed E-state index contributed by atoms with van der Waals surface area (Å²) in [5.41, 5.74) is 1.44. The molecule has 0 radical (unpaired) electrons. The topological polar surface area (TPSA) is 72.7 Å². The Hall–Kier alpha value is -2.36. The number of hydrogen-bond donors (Lipinski definition) is 4. The molecule has 1 unspecified atom stereocenters. The van der Waals surface area contributed by atoms with Crippen molar-refractivity contribution in [1.29, 1.82) is 0 Å². The molecule has 18 heavy (non-hydrogen) atoms. The first-order valence-electron chi connectivity index (χ1n) is 5.63. The van der Waals surface area contributed by atoms with Gasteiger partial charge in [-0.05, 0) is 49.4 Å². The Morgan fingerprint density at radius 2 is 1.50 bits per heavy atom. The van der Waals surface area contributed by atoms with Crippen molar-refractivity contribution < 1.29 is 15.3 Å². The number of nitrogens with one attached hydrogen (secondary N) is 1. The van der Waals surface area contributed by atoms with Crippen LogP contribution < -0.4 is 5.32 Å². The van der Waals surface area contributed by atoms with Crippen molar-refractivity contribution in [2.75, 3.05) is 5.32 Å². The molecule has 0 bridgehead atoms. The van der Waals surface area contributed by atoms with Gasteiger partial charge < -0.3 is 20.6 Å². The van der Waals surface area contributed by atoms with Crippen molar-refractivity contribution in [2.24, 2.45) is 0 Å². The predicted octanol–water partition coefficient (Wildman–Crippen LogP) is 2.98. The Labute approximate surface area is 105 Å². The summed E-state index contributed by atoms with van der Waals surface area (Å²) in [6, 6.07) is 10.9. The number of aromatic hydroxyl groups is 3. The molecule has 0 aliphatic heterocycles. The minimum Gasteiger partial charge on any atom is -0.508 e. The summed E-state index contributed by atoms with van der Waals surface area (Å²) in [7, 11) is 0. The highest BCUT2D eigenvalue weighted by atomic mass is 16.3. The summed E-state index contributed by atoms with van der Waals surface area (Å²) < 4.78 is 0. The summed E-state index contributed by atoms with van der Waals surface area (Å²) in [6.45, 7) is 1.88. The monoisotopic (exact) mass is 245 g/mol. The number of phenols is 3. The molecule has 2 rings (SSSR count). The van der Waals surface area contributed by atoms with Crippen LogP contribution in [0.1, 0.15) is 18.5 Å². The van der Waals surface area contributed by atoms with Crippen LogP contribution >= 0.6 is 0 Å². The Kier molecular flexibility index (Phi) is 3.28. The fourth-order valence-corrected chi connectivity index (χ4v) is 1.77. The van der Waals surface area contributed by atoms with Gasteiger partial charge in [0, 0.05) is 11.3 Å². The second-order valence-corrected chi connectivity index (χ2v) is 4.16. The van der Waals surface area contributed by atoms with Gasteiger partial charge in [-0.15, -0.1) is 0 Å². The maximum absolute atomic E-state index is 9.74. The molecule has 0 aliphatic rings. The zero-order chi connectivity index (χ0) is 13.1. The second kappa shape index (κ2) is 4.87. The molecule has 94 valence electrons. The second-order valence-electron chi connectivity index (χ2n) is 4.16. The maximum atomic E-state index is 9.74. The lowest BCUT2D eigenvalue weighted by Crippen LogP contribution is -2.06. The van der Waals surface area contributed by atoms with E-state index in [1.807, 2.05) is 6.92 Å². The van der Waals surface area contributed by atoms with Crippen molar-refractivity contribution in [3.8, 4) is 17.2 Å². The molecule has 0 heterocycles. The molecule has 0 saturated carbocycles. The fraction of sp³-hybridized carbons (Fsp3) is 0.143. The summed E-state index contributed by atoms with van der Waals surface area (Å²) in [6.07, 6.45) is 0. The Morgan fingerprint density at radius 1 is 0.889 bits per heavy atom. The van der Waals surface area contributed by atoms with E-state index in [1.54, 1.807) is 24.3 Å². The van der Waals surface area contributed by atoms with Crippen LogP contribution in [0.5, 0.6) is 17.2 Å². The SMILES string of the molecule is CC(Nc1ccc(O)cc1)c1cc(O)ccc1O. The van der Waals surface area contributed by atoms with Gasteiger partial charge in [0.1, 0.15) is 17.2 Å². The highest BCUT2D eigenvalue weighted by Crippen LogP contribution is 2.30. The van der Waals surface area contributed by atoms with E-state index in [2.05, 4.69) is 5.32 Å². The molecule has 2 aromatic rings. The minimum atomic E-state index is -0.165. The average Bonchev–Trinajstić information content (AvgIpc) is 2.35. The summed E-state index contributed by atoms with van der Waals surface area (Å²) in [4.78, 5) is 0. The molecule has 0 saturated heterocycles. The van der Waals surface area contributed by atoms with Gasteiger partial charge in [-0.2, -0.15) is 0 Å². The lowest BCUT2D eigenvalue weighted by molar-refractivity contribution is 0.451. The van der Waals surface area contributed by atoms with Crippen molar-refractivity contribution in [3.63, 3.8) is 0 Å². The molecular weight excluding hydrogens is 230 g/mol. The number of phenolic OH excluding ortho intramolecular Hbond substituents is 3. The molecular formula is C14H15NO3. The van der Waals surface area contributed by atoms with E-state index in [-0.39, 0.29) is 23.3 Å². The third kappa shape index (κ3) is 2.66. The van der Waals surface area contributed by atoms with E-state index in [0.717, 1.165) is 5.69 Å². The van der Waals surface area contributed by atoms with Gasteiger partial charge >= 0.3 is 0 Å². The molecule has 0 aliphatic carbocycles. The first-order chi connectivity index (χ1) is 8.56. The van der Waals surface area contributed by atoms with E-state index in [1.165, 1.54) is 18.2 Å². The lowest BCUT2D eigenvalue weighted by Gasteiger charge is -2.17. The summed E-state index contributed by atoms with van der Waals surface area (Å²) in [5, 5.41) is 31.5. The van der Waals surface area contributed by atoms with E-state index < -0.39 is 0 Å². The largest absolute Gasteiger partial charge is 0.508 e. The molecule has 2 aromatic carbocycles. The first-order valence-corrected chi connectivity index (χ1v) is 5.63. The van der Waals surface area contributed by atoms with Crippen molar-refractivity contribution in [1.82, 2.24) is 0 Å². The third-order valence-corrected chi connectivity index (χ3v) is 2.73. The average molecular weight is 245 g/mol. The van der Waals surface area contributed by atoms with Crippen molar-refractivity contribution >= 4 is 5.69 Å². The number of hydrogen-bond acceptors (Lipinski definition) is 4. The number of rotatable bonds is 3. The Balaban J connectivity index is 2.18. The van der Waals surface area contributed by atoms with Crippen LogP contribution in [0.25, 0.3) is 0 Å². The van der Waals surface area contributed by atoms with Crippen LogP contribution in [-0.2, 0) is 0 Å². The molecule has 4 nitrogen and oxygen atoms in total. The van der Waals surface area contributed by atoms with Crippen molar-refractivity contribution in [2.45, 2.75) is 13.0 Å². The summed E-state index contributed by atoms with van der Waals surface area (Å²) >= 11 is 0. The molecule has 4 N–H and O–H groups in total. The van der Waals surface area contributed by atoms with Gasteiger partial charge in [-0.3, -0.25) is 0 Å². The number of benzene rings is 2. The first kappa shape index (κ1) is 12.1. The molecule has 1 atom stereocenters. The predicted molar refractivity (Wildman–Crippen MR) is 69.9 cm³/mol. The zero-order valence-electron chi connectivity index (χ0n) is 9.96. The van der Waals surface area contributed by atoms with Gasteiger partial charge in [0.2, 0.25) is 0 Å². The lowest BCUT2D eigenvalue weighted by atomic mass is 10.1. The van der Waals surface area contributed by atoms with Gasteiger partial charge in [0.05, 0.1) is 6.04 Å². The smallest absolute Gasteiger partial charge is 0.121 e.